The Morgan fingerprint density at radius 2 is 1.88 bits per heavy atom. The maximum atomic E-state index is 12.8. The molecule has 0 aliphatic carbocycles. The molecule has 1 atom stereocenters. The minimum atomic E-state index is -0.410. The number of ether oxygens (including phenoxy) is 1. The summed E-state index contributed by atoms with van der Waals surface area (Å²) < 4.78 is 5.22. The van der Waals surface area contributed by atoms with Crippen LogP contribution in [-0.2, 0) is 14.3 Å². The Morgan fingerprint density at radius 3 is 2.60 bits per heavy atom. The average Bonchev–Trinajstić information content (AvgIpc) is 2.96. The van der Waals surface area contributed by atoms with E-state index in [1.54, 1.807) is 48.5 Å². The van der Waals surface area contributed by atoms with Gasteiger partial charge in [0.25, 0.3) is 0 Å². The Hall–Kier alpha value is -2.79. The molecule has 0 bridgehead atoms. The summed E-state index contributed by atoms with van der Waals surface area (Å²) in [5, 5.41) is 9.98. The topological polar surface area (TPSA) is 66.8 Å². The second-order valence-corrected chi connectivity index (χ2v) is 6.43. The highest BCUT2D eigenvalue weighted by Crippen LogP contribution is 2.42. The average molecular weight is 356 g/mol. The van der Waals surface area contributed by atoms with Gasteiger partial charge in [-0.3, -0.25) is 9.69 Å². The number of hydrogen-bond acceptors (Lipinski definition) is 4. The minimum Gasteiger partial charge on any atom is -0.508 e. The van der Waals surface area contributed by atoms with Gasteiger partial charge in [-0.25, -0.2) is 4.79 Å². The smallest absolute Gasteiger partial charge is 0.336 e. The molecule has 5 nitrogen and oxygen atoms in total. The first-order chi connectivity index (χ1) is 12.0. The van der Waals surface area contributed by atoms with Gasteiger partial charge in [0.2, 0.25) is 5.91 Å². The van der Waals surface area contributed by atoms with Gasteiger partial charge in [0.15, 0.2) is 0 Å². The molecule has 0 saturated heterocycles. The molecule has 0 saturated carbocycles. The molecule has 4 rings (SSSR count). The number of carbonyl (C=O) groups is 2. The van der Waals surface area contributed by atoms with Crippen LogP contribution in [0, 0.1) is 0 Å². The molecule has 0 radical (unpaired) electrons. The fourth-order valence-corrected chi connectivity index (χ4v) is 3.54. The first-order valence-electron chi connectivity index (χ1n) is 7.82. The van der Waals surface area contributed by atoms with E-state index in [-0.39, 0.29) is 30.6 Å². The van der Waals surface area contributed by atoms with Gasteiger partial charge in [-0.2, -0.15) is 0 Å². The molecule has 0 aromatic heterocycles. The van der Waals surface area contributed by atoms with Crippen LogP contribution < -0.4 is 4.90 Å². The zero-order chi connectivity index (χ0) is 17.6. The van der Waals surface area contributed by atoms with Crippen LogP contribution in [0.15, 0.2) is 59.8 Å². The SMILES string of the molecule is O=C1OCC2=C1[C@@H](c1ccc(O)cc1)CC(=O)N2c1cccc(Cl)c1. The third kappa shape index (κ3) is 2.66. The van der Waals surface area contributed by atoms with E-state index >= 15 is 0 Å². The van der Waals surface area contributed by atoms with Crippen molar-refractivity contribution in [3.63, 3.8) is 0 Å². The van der Waals surface area contributed by atoms with Gasteiger partial charge in [0, 0.05) is 17.4 Å². The van der Waals surface area contributed by atoms with Crippen LogP contribution in [0.5, 0.6) is 5.75 Å². The third-order valence-corrected chi connectivity index (χ3v) is 4.71. The molecule has 2 aliphatic heterocycles. The van der Waals surface area contributed by atoms with Crippen LogP contribution in [0.25, 0.3) is 0 Å². The van der Waals surface area contributed by atoms with E-state index in [9.17, 15) is 14.7 Å². The molecule has 25 heavy (non-hydrogen) atoms. The van der Waals surface area contributed by atoms with Crippen LogP contribution in [0.1, 0.15) is 17.9 Å². The van der Waals surface area contributed by atoms with E-state index in [2.05, 4.69) is 0 Å². The Balaban J connectivity index is 1.83. The molecule has 2 aromatic rings. The van der Waals surface area contributed by atoms with Crippen molar-refractivity contribution in [2.24, 2.45) is 0 Å². The fraction of sp³-hybridized carbons (Fsp3) is 0.158. The molecular weight excluding hydrogens is 342 g/mol. The first-order valence-corrected chi connectivity index (χ1v) is 8.20. The number of carbonyl (C=O) groups excluding carboxylic acids is 2. The van der Waals surface area contributed by atoms with Crippen molar-refractivity contribution in [3.8, 4) is 5.75 Å². The molecule has 0 fully saturated rings. The van der Waals surface area contributed by atoms with E-state index in [4.69, 9.17) is 16.3 Å². The fourth-order valence-electron chi connectivity index (χ4n) is 3.36. The zero-order valence-electron chi connectivity index (χ0n) is 13.1. The number of esters is 1. The molecule has 6 heteroatoms. The first kappa shape index (κ1) is 15.7. The van der Waals surface area contributed by atoms with Crippen LogP contribution in [-0.4, -0.2) is 23.6 Å². The molecule has 1 N–H and O–H groups in total. The van der Waals surface area contributed by atoms with Crippen LogP contribution in [0.3, 0.4) is 0 Å². The van der Waals surface area contributed by atoms with Gasteiger partial charge >= 0.3 is 5.97 Å². The molecule has 2 aliphatic rings. The lowest BCUT2D eigenvalue weighted by Gasteiger charge is -2.32. The summed E-state index contributed by atoms with van der Waals surface area (Å²) in [5.74, 6) is -0.784. The number of phenols is 1. The van der Waals surface area contributed by atoms with Gasteiger partial charge in [-0.1, -0.05) is 29.8 Å². The third-order valence-electron chi connectivity index (χ3n) is 4.48. The molecular formula is C19H14ClNO4. The van der Waals surface area contributed by atoms with E-state index in [0.717, 1.165) is 5.56 Å². The summed E-state index contributed by atoms with van der Waals surface area (Å²) in [7, 11) is 0. The summed E-state index contributed by atoms with van der Waals surface area (Å²) in [6.07, 6.45) is 0.144. The lowest BCUT2D eigenvalue weighted by Crippen LogP contribution is -2.37. The van der Waals surface area contributed by atoms with Crippen molar-refractivity contribution in [2.75, 3.05) is 11.5 Å². The standard InChI is InChI=1S/C19H14ClNO4/c20-12-2-1-3-13(8-12)21-16-10-25-19(24)18(16)15(9-17(21)23)11-4-6-14(22)7-5-11/h1-8,15,22H,9-10H2/t15-/m1/s1. The number of phenolic OH excluding ortho intramolecular Hbond substituents is 1. The number of cyclic esters (lactones) is 1. The van der Waals surface area contributed by atoms with E-state index < -0.39 is 5.97 Å². The van der Waals surface area contributed by atoms with Gasteiger partial charge in [-0.05, 0) is 35.9 Å². The molecule has 0 unspecified atom stereocenters. The highest BCUT2D eigenvalue weighted by molar-refractivity contribution is 6.31. The summed E-state index contributed by atoms with van der Waals surface area (Å²) in [6, 6.07) is 13.5. The second kappa shape index (κ2) is 5.93. The van der Waals surface area contributed by atoms with Crippen molar-refractivity contribution < 1.29 is 19.4 Å². The number of hydrogen-bond donors (Lipinski definition) is 1. The number of rotatable bonds is 2. The van der Waals surface area contributed by atoms with Crippen LogP contribution in [0.4, 0.5) is 5.69 Å². The Labute approximate surface area is 149 Å². The van der Waals surface area contributed by atoms with Crippen LogP contribution >= 0.6 is 11.6 Å². The molecule has 2 heterocycles. The molecule has 2 aromatic carbocycles. The number of nitrogens with zero attached hydrogens (tertiary/aromatic N) is 1. The van der Waals surface area contributed by atoms with E-state index in [1.807, 2.05) is 0 Å². The van der Waals surface area contributed by atoms with Crippen LogP contribution in [0.2, 0.25) is 5.02 Å². The van der Waals surface area contributed by atoms with Crippen molar-refractivity contribution in [2.45, 2.75) is 12.3 Å². The second-order valence-electron chi connectivity index (χ2n) is 5.99. The summed E-state index contributed by atoms with van der Waals surface area (Å²) in [5.41, 5.74) is 2.46. The maximum Gasteiger partial charge on any atom is 0.336 e. The Kier molecular flexibility index (Phi) is 3.73. The number of anilines is 1. The maximum absolute atomic E-state index is 12.8. The normalized spacial score (nSPS) is 19.9. The van der Waals surface area contributed by atoms with Gasteiger partial charge in [0.05, 0.1) is 17.0 Å². The number of aromatic hydroxyl groups is 1. The van der Waals surface area contributed by atoms with Crippen molar-refractivity contribution >= 4 is 29.2 Å². The Bertz CT molecular complexity index is 904. The van der Waals surface area contributed by atoms with E-state index in [0.29, 0.717) is 22.0 Å². The lowest BCUT2D eigenvalue weighted by atomic mass is 9.84. The number of halogens is 1. The highest BCUT2D eigenvalue weighted by Gasteiger charge is 2.42. The van der Waals surface area contributed by atoms with Crippen molar-refractivity contribution in [1.29, 1.82) is 0 Å². The van der Waals surface area contributed by atoms with Gasteiger partial charge < -0.3 is 9.84 Å². The lowest BCUT2D eigenvalue weighted by molar-refractivity contribution is -0.136. The zero-order valence-corrected chi connectivity index (χ0v) is 13.9. The van der Waals surface area contributed by atoms with E-state index in [1.165, 1.54) is 4.90 Å². The largest absolute Gasteiger partial charge is 0.508 e. The van der Waals surface area contributed by atoms with Gasteiger partial charge in [0.1, 0.15) is 12.4 Å². The predicted molar refractivity (Wildman–Crippen MR) is 92.4 cm³/mol. The summed E-state index contributed by atoms with van der Waals surface area (Å²) >= 11 is 6.05. The monoisotopic (exact) mass is 355 g/mol. The quantitative estimate of drug-likeness (QED) is 0.839. The summed E-state index contributed by atoms with van der Waals surface area (Å²) in [4.78, 5) is 26.7. The molecule has 1 amide bonds. The van der Waals surface area contributed by atoms with Gasteiger partial charge in [-0.15, -0.1) is 0 Å². The minimum absolute atomic E-state index is 0.0566. The molecule has 126 valence electrons. The number of benzene rings is 2. The predicted octanol–water partition coefficient (Wildman–Crippen LogP) is 3.38. The highest BCUT2D eigenvalue weighted by atomic mass is 35.5. The van der Waals surface area contributed by atoms with Crippen molar-refractivity contribution in [3.05, 3.63) is 70.4 Å². The Morgan fingerprint density at radius 1 is 1.12 bits per heavy atom. The summed E-state index contributed by atoms with van der Waals surface area (Å²) in [6.45, 7) is 0.0566. The number of amides is 1. The van der Waals surface area contributed by atoms with Crippen molar-refractivity contribution in [1.82, 2.24) is 0 Å². The molecule has 0 spiro atoms.